The van der Waals surface area contributed by atoms with Crippen molar-refractivity contribution in [2.45, 2.75) is 85.6 Å². The largest absolute Gasteiger partial charge is 0.400 e. The Bertz CT molecular complexity index is 337. The summed E-state index contributed by atoms with van der Waals surface area (Å²) in [6.45, 7) is 8.47. The second-order valence-corrected chi connectivity index (χ2v) is 17.4. The Morgan fingerprint density at radius 3 is 1.46 bits per heavy atom. The van der Waals surface area contributed by atoms with E-state index in [-0.39, 0.29) is 0 Å². The van der Waals surface area contributed by atoms with Gasteiger partial charge in [0, 0.05) is 26.5 Å². The van der Waals surface area contributed by atoms with Crippen LogP contribution in [0, 0.1) is 11.8 Å². The van der Waals surface area contributed by atoms with Crippen LogP contribution in [0.4, 0.5) is 0 Å². The lowest BCUT2D eigenvalue weighted by Crippen LogP contribution is -2.40. The van der Waals surface area contributed by atoms with Crippen LogP contribution in [0.3, 0.4) is 0 Å². The van der Waals surface area contributed by atoms with E-state index in [4.69, 9.17) is 8.85 Å². The van der Waals surface area contributed by atoms with Crippen LogP contribution in [0.15, 0.2) is 0 Å². The zero-order chi connectivity index (χ0) is 18.6. The average molecular weight is 379 g/mol. The molecule has 0 aromatic carbocycles. The van der Waals surface area contributed by atoms with Gasteiger partial charge >= 0.3 is 8.23 Å². The molecule has 5 heteroatoms. The normalized spacial score (nSPS) is 17.5. The van der Waals surface area contributed by atoms with Crippen molar-refractivity contribution in [3.8, 4) is 0 Å². The highest BCUT2D eigenvalue weighted by Crippen LogP contribution is 2.59. The first kappa shape index (κ1) is 24.4. The van der Waals surface area contributed by atoms with Crippen molar-refractivity contribution in [3.63, 3.8) is 0 Å². The van der Waals surface area contributed by atoms with Crippen LogP contribution in [0.5, 0.6) is 0 Å². The first-order chi connectivity index (χ1) is 11.4. The van der Waals surface area contributed by atoms with Gasteiger partial charge in [-0.25, -0.2) is 0 Å². The average Bonchev–Trinajstić information content (AvgIpc) is 2.61. The molecule has 3 nitrogen and oxygen atoms in total. The fraction of sp³-hybridized carbons (Fsp3) is 1.00. The molecular weight excluding hydrogens is 335 g/mol. The molecule has 0 aromatic heterocycles. The smallest absolute Gasteiger partial charge is 0.393 e. The first-order valence-electron chi connectivity index (χ1n) is 10.0. The lowest BCUT2D eigenvalue weighted by atomic mass is 10.0. The summed E-state index contributed by atoms with van der Waals surface area (Å²) in [5, 5.41) is 0. The molecule has 2 unspecified atom stereocenters. The molecular formula is C19H43O3PSi. The monoisotopic (exact) mass is 378 g/mol. The summed E-state index contributed by atoms with van der Waals surface area (Å²) >= 11 is 0. The summed E-state index contributed by atoms with van der Waals surface area (Å²) in [6.07, 6.45) is 11.1. The molecule has 0 aliphatic carbocycles. The minimum absolute atomic E-state index is 0.539. The van der Waals surface area contributed by atoms with Crippen molar-refractivity contribution in [1.29, 1.82) is 0 Å². The van der Waals surface area contributed by atoms with Gasteiger partial charge in [-0.1, -0.05) is 79.1 Å². The number of hydrogen-bond acceptors (Lipinski definition) is 3. The second kappa shape index (κ2) is 12.7. The maximum Gasteiger partial charge on any atom is 0.400 e. The van der Waals surface area contributed by atoms with E-state index in [9.17, 15) is 4.57 Å². The van der Waals surface area contributed by atoms with E-state index >= 15 is 0 Å². The van der Waals surface area contributed by atoms with E-state index in [1.165, 1.54) is 38.5 Å². The van der Waals surface area contributed by atoms with E-state index in [1.807, 2.05) is 6.55 Å². The molecule has 0 fully saturated rings. The summed E-state index contributed by atoms with van der Waals surface area (Å²) in [4.78, 5) is 0. The van der Waals surface area contributed by atoms with E-state index in [1.54, 1.807) is 14.2 Å². The molecule has 0 bridgehead atoms. The Hall–Kier alpha value is 0.367. The van der Waals surface area contributed by atoms with Gasteiger partial charge in [-0.05, 0) is 18.4 Å². The summed E-state index contributed by atoms with van der Waals surface area (Å²) < 4.78 is 25.8. The van der Waals surface area contributed by atoms with Crippen molar-refractivity contribution in [3.05, 3.63) is 0 Å². The van der Waals surface area contributed by atoms with E-state index < -0.39 is 14.9 Å². The number of hydrogen-bond donors (Lipinski definition) is 0. The number of rotatable bonds is 15. The van der Waals surface area contributed by atoms with E-state index in [2.05, 4.69) is 27.7 Å². The quantitative estimate of drug-likeness (QED) is 0.236. The highest BCUT2D eigenvalue weighted by Gasteiger charge is 2.51. The molecule has 0 aliphatic heterocycles. The molecule has 146 valence electrons. The zero-order valence-electron chi connectivity index (χ0n) is 17.4. The van der Waals surface area contributed by atoms with Gasteiger partial charge in [-0.3, -0.25) is 0 Å². The lowest BCUT2D eigenvalue weighted by molar-refractivity contribution is 0.269. The van der Waals surface area contributed by atoms with Crippen LogP contribution in [0.2, 0.25) is 6.55 Å². The Morgan fingerprint density at radius 1 is 0.833 bits per heavy atom. The van der Waals surface area contributed by atoms with Gasteiger partial charge in [0.05, 0.1) is 0 Å². The Morgan fingerprint density at radius 2 is 1.21 bits per heavy atom. The summed E-state index contributed by atoms with van der Waals surface area (Å²) in [5.74, 6) is 1.08. The third-order valence-electron chi connectivity index (χ3n) is 5.69. The fourth-order valence-electron chi connectivity index (χ4n) is 3.49. The predicted molar refractivity (Wildman–Crippen MR) is 110 cm³/mol. The van der Waals surface area contributed by atoms with Gasteiger partial charge in [0.2, 0.25) is 0 Å². The van der Waals surface area contributed by atoms with Gasteiger partial charge in [0.15, 0.2) is 0 Å². The van der Waals surface area contributed by atoms with Crippen LogP contribution in [0.25, 0.3) is 0 Å². The highest BCUT2D eigenvalue weighted by molar-refractivity contribution is 7.97. The van der Waals surface area contributed by atoms with Crippen molar-refractivity contribution in [1.82, 2.24) is 0 Å². The molecule has 0 saturated carbocycles. The minimum Gasteiger partial charge on any atom is -0.393 e. The standard InChI is InChI=1S/C19H43O3PSi/c1-8-12-14-18(10-3)16-23(20,24(7,21-5)22-6)17-19(11-4)15-13-9-2/h18-19H,8-17H2,1-7H3. The molecule has 0 saturated heterocycles. The molecule has 24 heavy (non-hydrogen) atoms. The third kappa shape index (κ3) is 7.31. The fourth-order valence-corrected chi connectivity index (χ4v) is 13.2. The molecule has 0 spiro atoms. The topological polar surface area (TPSA) is 35.5 Å². The highest BCUT2D eigenvalue weighted by atomic mass is 31.4. The SMILES string of the molecule is CCCCC(CC)CP(=O)(CC(CC)CCCC)[Si](C)(OC)OC. The molecule has 0 rings (SSSR count). The van der Waals surface area contributed by atoms with Crippen molar-refractivity contribution in [2.75, 3.05) is 26.5 Å². The predicted octanol–water partition coefficient (Wildman–Crippen LogP) is 6.64. The van der Waals surface area contributed by atoms with Gasteiger partial charge < -0.3 is 13.4 Å². The van der Waals surface area contributed by atoms with Gasteiger partial charge in [-0.15, -0.1) is 0 Å². The Kier molecular flexibility index (Phi) is 12.9. The van der Waals surface area contributed by atoms with Crippen LogP contribution >= 0.6 is 6.69 Å². The molecule has 2 atom stereocenters. The Balaban J connectivity index is 5.38. The van der Waals surface area contributed by atoms with E-state index in [0.717, 1.165) is 25.2 Å². The first-order valence-corrected chi connectivity index (χ1v) is 15.3. The van der Waals surface area contributed by atoms with Crippen molar-refractivity contribution < 1.29 is 13.4 Å². The van der Waals surface area contributed by atoms with Crippen molar-refractivity contribution in [2.24, 2.45) is 11.8 Å². The minimum atomic E-state index is -2.63. The second-order valence-electron chi connectivity index (χ2n) is 7.39. The molecule has 0 amide bonds. The van der Waals surface area contributed by atoms with E-state index in [0.29, 0.717) is 11.8 Å². The van der Waals surface area contributed by atoms with Crippen LogP contribution in [0.1, 0.15) is 79.1 Å². The van der Waals surface area contributed by atoms with Crippen LogP contribution < -0.4 is 0 Å². The van der Waals surface area contributed by atoms with Crippen molar-refractivity contribution >= 4 is 14.9 Å². The summed E-state index contributed by atoms with van der Waals surface area (Å²) in [5.41, 5.74) is 0. The molecule has 0 aliphatic rings. The molecule has 0 N–H and O–H groups in total. The van der Waals surface area contributed by atoms with Gasteiger partial charge in [0.25, 0.3) is 0 Å². The maximum atomic E-state index is 14.2. The van der Waals surface area contributed by atoms with Crippen LogP contribution in [-0.4, -0.2) is 34.8 Å². The molecule has 0 radical (unpaired) electrons. The third-order valence-corrected chi connectivity index (χ3v) is 17.5. The Labute approximate surface area is 152 Å². The lowest BCUT2D eigenvalue weighted by Gasteiger charge is -2.36. The summed E-state index contributed by atoms with van der Waals surface area (Å²) in [6, 6.07) is 0. The zero-order valence-corrected chi connectivity index (χ0v) is 19.3. The van der Waals surface area contributed by atoms with Crippen LogP contribution in [-0.2, 0) is 13.4 Å². The summed E-state index contributed by atoms with van der Waals surface area (Å²) in [7, 11) is 0.762. The van der Waals surface area contributed by atoms with Gasteiger partial charge in [0.1, 0.15) is 6.69 Å². The number of unbranched alkanes of at least 4 members (excludes halogenated alkanes) is 2. The molecule has 0 aromatic rings. The molecule has 0 heterocycles. The maximum absolute atomic E-state index is 14.2. The van der Waals surface area contributed by atoms with Gasteiger partial charge in [-0.2, -0.15) is 0 Å².